The van der Waals surface area contributed by atoms with E-state index in [2.05, 4.69) is 31.4 Å². The molecule has 1 aromatic carbocycles. The molecule has 2 rings (SSSR count). The number of carbonyl (C=O) groups excluding carboxylic acids is 2. The molecule has 1 fully saturated rings. The Morgan fingerprint density at radius 1 is 1.11 bits per heavy atom. The minimum absolute atomic E-state index is 0.0462. The van der Waals surface area contributed by atoms with Gasteiger partial charge in [-0.25, -0.2) is 13.2 Å². The molecular formula is C19H29N3O4S. The highest BCUT2D eigenvalue weighted by Gasteiger charge is 2.32. The largest absolute Gasteiger partial charge is 0.358 e. The number of benzene rings is 1. The fourth-order valence-electron chi connectivity index (χ4n) is 3.05. The van der Waals surface area contributed by atoms with E-state index in [-0.39, 0.29) is 11.4 Å². The molecule has 1 heterocycles. The van der Waals surface area contributed by atoms with E-state index >= 15 is 0 Å². The predicted molar refractivity (Wildman–Crippen MR) is 107 cm³/mol. The van der Waals surface area contributed by atoms with Crippen LogP contribution in [-0.2, 0) is 20.0 Å². The van der Waals surface area contributed by atoms with Crippen LogP contribution in [-0.4, -0.2) is 56.4 Å². The van der Waals surface area contributed by atoms with Crippen molar-refractivity contribution in [2.45, 2.75) is 44.3 Å². The minimum Gasteiger partial charge on any atom is -0.358 e. The van der Waals surface area contributed by atoms with Crippen molar-refractivity contribution in [2.24, 2.45) is 0 Å². The zero-order chi connectivity index (χ0) is 20.2. The summed E-state index contributed by atoms with van der Waals surface area (Å²) in [7, 11) is -2.08. The van der Waals surface area contributed by atoms with Crippen molar-refractivity contribution >= 4 is 27.5 Å². The molecule has 1 aliphatic rings. The van der Waals surface area contributed by atoms with E-state index in [1.165, 1.54) is 12.6 Å². The van der Waals surface area contributed by atoms with Crippen LogP contribution in [0.2, 0.25) is 0 Å². The third-order valence-electron chi connectivity index (χ3n) is 4.85. The number of carbonyl (C=O) groups is 2. The molecule has 0 atom stereocenters. The van der Waals surface area contributed by atoms with Crippen LogP contribution in [0.4, 0.5) is 10.5 Å². The van der Waals surface area contributed by atoms with Gasteiger partial charge >= 0.3 is 6.03 Å². The summed E-state index contributed by atoms with van der Waals surface area (Å²) < 4.78 is 24.5. The maximum Gasteiger partial charge on any atom is 0.321 e. The Hall–Kier alpha value is -2.09. The molecule has 0 spiro atoms. The lowest BCUT2D eigenvalue weighted by Crippen LogP contribution is -2.45. The second kappa shape index (κ2) is 8.29. The molecule has 27 heavy (non-hydrogen) atoms. The highest BCUT2D eigenvalue weighted by molar-refractivity contribution is 7.92. The van der Waals surface area contributed by atoms with Crippen molar-refractivity contribution < 1.29 is 18.0 Å². The van der Waals surface area contributed by atoms with E-state index in [1.807, 2.05) is 24.3 Å². The molecule has 2 N–H and O–H groups in total. The van der Waals surface area contributed by atoms with E-state index in [9.17, 15) is 18.0 Å². The minimum atomic E-state index is -3.49. The molecule has 0 radical (unpaired) electrons. The molecule has 0 bridgehead atoms. The first-order valence-electron chi connectivity index (χ1n) is 9.11. The van der Waals surface area contributed by atoms with Crippen molar-refractivity contribution in [3.63, 3.8) is 0 Å². The average Bonchev–Trinajstić information content (AvgIpc) is 2.61. The number of urea groups is 1. The van der Waals surface area contributed by atoms with Gasteiger partial charge in [0.05, 0.1) is 5.25 Å². The lowest BCUT2D eigenvalue weighted by Gasteiger charge is -2.31. The molecular weight excluding hydrogens is 366 g/mol. The normalized spacial score (nSPS) is 16.1. The van der Waals surface area contributed by atoms with E-state index < -0.39 is 26.7 Å². The first kappa shape index (κ1) is 21.2. The summed E-state index contributed by atoms with van der Waals surface area (Å²) in [6.07, 6.45) is 0.686. The summed E-state index contributed by atoms with van der Waals surface area (Å²) in [4.78, 5) is 25.4. The molecule has 0 aliphatic carbocycles. The fraction of sp³-hybridized carbons (Fsp3) is 0.579. The monoisotopic (exact) mass is 395 g/mol. The highest BCUT2D eigenvalue weighted by atomic mass is 32.2. The third-order valence-corrected chi connectivity index (χ3v) is 7.00. The van der Waals surface area contributed by atoms with Gasteiger partial charge in [-0.1, -0.05) is 32.9 Å². The van der Waals surface area contributed by atoms with Crippen molar-refractivity contribution in [2.75, 3.05) is 31.2 Å². The zero-order valence-corrected chi connectivity index (χ0v) is 17.2. The van der Waals surface area contributed by atoms with Crippen LogP contribution in [0.25, 0.3) is 0 Å². The Morgan fingerprint density at radius 3 is 2.15 bits per heavy atom. The molecule has 1 saturated heterocycles. The number of hydrogen-bond acceptors (Lipinski definition) is 4. The Kier molecular flexibility index (Phi) is 6.51. The number of likely N-dealkylation sites (tertiary alicyclic amines) is 1. The van der Waals surface area contributed by atoms with Gasteiger partial charge in [0.15, 0.2) is 9.84 Å². The molecule has 3 amide bonds. The summed E-state index contributed by atoms with van der Waals surface area (Å²) in [5, 5.41) is 4.61. The van der Waals surface area contributed by atoms with Crippen LogP contribution in [0.15, 0.2) is 24.3 Å². The molecule has 0 saturated carbocycles. The lowest BCUT2D eigenvalue weighted by molar-refractivity contribution is -0.118. The van der Waals surface area contributed by atoms with Gasteiger partial charge in [0.2, 0.25) is 5.91 Å². The topological polar surface area (TPSA) is 95.6 Å². The van der Waals surface area contributed by atoms with Gasteiger partial charge in [0.25, 0.3) is 0 Å². The molecule has 8 heteroatoms. The number of sulfone groups is 1. The van der Waals surface area contributed by atoms with Gasteiger partial charge in [-0.2, -0.15) is 0 Å². The Labute approximate surface area is 161 Å². The number of piperidine rings is 1. The Balaban J connectivity index is 1.90. The van der Waals surface area contributed by atoms with Gasteiger partial charge in [0, 0.05) is 25.8 Å². The van der Waals surface area contributed by atoms with Crippen molar-refractivity contribution in [1.29, 1.82) is 0 Å². The molecule has 1 aromatic rings. The molecule has 150 valence electrons. The van der Waals surface area contributed by atoms with Gasteiger partial charge < -0.3 is 15.5 Å². The van der Waals surface area contributed by atoms with Crippen LogP contribution >= 0.6 is 0 Å². The molecule has 7 nitrogen and oxygen atoms in total. The Bertz CT molecular complexity index is 774. The number of hydrogen-bond donors (Lipinski definition) is 2. The first-order valence-corrected chi connectivity index (χ1v) is 10.8. The van der Waals surface area contributed by atoms with E-state index in [0.717, 1.165) is 0 Å². The average molecular weight is 396 g/mol. The smallest absolute Gasteiger partial charge is 0.321 e. The number of amides is 3. The van der Waals surface area contributed by atoms with Gasteiger partial charge in [-0.15, -0.1) is 0 Å². The van der Waals surface area contributed by atoms with E-state index in [0.29, 0.717) is 31.6 Å². The van der Waals surface area contributed by atoms with Gasteiger partial charge in [-0.3, -0.25) is 4.79 Å². The maximum atomic E-state index is 12.4. The summed E-state index contributed by atoms with van der Waals surface area (Å²) in [5.74, 6) is -1.01. The predicted octanol–water partition coefficient (Wildman–Crippen LogP) is 2.14. The van der Waals surface area contributed by atoms with Crippen LogP contribution in [0.5, 0.6) is 0 Å². The second-order valence-corrected chi connectivity index (χ2v) is 10.2. The van der Waals surface area contributed by atoms with Crippen LogP contribution < -0.4 is 10.6 Å². The fourth-order valence-corrected chi connectivity index (χ4v) is 4.72. The van der Waals surface area contributed by atoms with Gasteiger partial charge in [0.1, 0.15) is 5.75 Å². The second-order valence-electron chi connectivity index (χ2n) is 7.92. The van der Waals surface area contributed by atoms with Crippen molar-refractivity contribution in [3.8, 4) is 0 Å². The number of nitrogens with zero attached hydrogens (tertiary/aromatic N) is 1. The van der Waals surface area contributed by atoms with Gasteiger partial charge in [-0.05, 0) is 36.0 Å². The van der Waals surface area contributed by atoms with E-state index in [4.69, 9.17) is 0 Å². The lowest BCUT2D eigenvalue weighted by atomic mass is 9.87. The maximum absolute atomic E-state index is 12.4. The zero-order valence-electron chi connectivity index (χ0n) is 16.4. The third kappa shape index (κ3) is 5.69. The van der Waals surface area contributed by atoms with Crippen LogP contribution in [0.1, 0.15) is 39.2 Å². The number of anilines is 1. The number of nitrogens with one attached hydrogen (secondary N) is 2. The molecule has 1 aliphatic heterocycles. The van der Waals surface area contributed by atoms with Crippen LogP contribution in [0.3, 0.4) is 0 Å². The standard InChI is InChI=1S/C19H29N3O4S/c1-19(2,3)14-5-7-15(8-6-14)21-18(24)22-11-9-16(10-12-22)27(25,26)13-17(23)20-4/h5-8,16H,9-13H2,1-4H3,(H,20,23)(H,21,24). The number of rotatable bonds is 4. The van der Waals surface area contributed by atoms with Crippen LogP contribution in [0, 0.1) is 0 Å². The summed E-state index contributed by atoms with van der Waals surface area (Å²) in [5.41, 5.74) is 1.94. The Morgan fingerprint density at radius 2 is 1.67 bits per heavy atom. The molecule has 0 aromatic heterocycles. The van der Waals surface area contributed by atoms with Crippen molar-refractivity contribution in [1.82, 2.24) is 10.2 Å². The first-order chi connectivity index (χ1) is 12.5. The SMILES string of the molecule is CNC(=O)CS(=O)(=O)C1CCN(C(=O)Nc2ccc(C(C)(C)C)cc2)CC1. The summed E-state index contributed by atoms with van der Waals surface area (Å²) in [6.45, 7) is 7.09. The van der Waals surface area contributed by atoms with E-state index in [1.54, 1.807) is 4.90 Å². The quantitative estimate of drug-likeness (QED) is 0.816. The highest BCUT2D eigenvalue weighted by Crippen LogP contribution is 2.24. The summed E-state index contributed by atoms with van der Waals surface area (Å²) in [6, 6.07) is 7.50. The summed E-state index contributed by atoms with van der Waals surface area (Å²) >= 11 is 0. The molecule has 0 unspecified atom stereocenters. The van der Waals surface area contributed by atoms with Crippen molar-refractivity contribution in [3.05, 3.63) is 29.8 Å².